The van der Waals surface area contributed by atoms with Crippen molar-refractivity contribution in [1.29, 1.82) is 5.26 Å². The summed E-state index contributed by atoms with van der Waals surface area (Å²) in [6.45, 7) is -1.01. The van der Waals surface area contributed by atoms with E-state index in [0.29, 0.717) is 4.31 Å². The topological polar surface area (TPSA) is 107 Å². The normalized spacial score (nSPS) is 16.6. The van der Waals surface area contributed by atoms with E-state index in [4.69, 9.17) is 5.26 Å². The van der Waals surface area contributed by atoms with E-state index < -0.39 is 46.3 Å². The number of carbonyl (C=O) groups is 2. The lowest BCUT2D eigenvalue weighted by atomic mass is 10.2. The fourth-order valence-corrected chi connectivity index (χ4v) is 3.06. The van der Waals surface area contributed by atoms with Gasteiger partial charge >= 0.3 is 0 Å². The number of nitrogens with zero attached hydrogens (tertiary/aromatic N) is 2. The molecule has 1 fully saturated rings. The number of piperazine rings is 1. The van der Waals surface area contributed by atoms with Crippen LogP contribution in [0.5, 0.6) is 0 Å². The molecule has 1 aliphatic rings. The Kier molecular flexibility index (Phi) is 3.52. The average molecular weight is 297 g/mol. The first-order chi connectivity index (χ1) is 9.34. The lowest BCUT2D eigenvalue weighted by Crippen LogP contribution is -2.53. The molecule has 0 atom stereocenters. The Morgan fingerprint density at radius 3 is 2.40 bits per heavy atom. The Labute approximate surface area is 113 Å². The number of halogens is 1. The van der Waals surface area contributed by atoms with E-state index in [2.05, 4.69) is 0 Å². The maximum Gasteiger partial charge on any atom is 0.244 e. The molecule has 1 saturated heterocycles. The lowest BCUT2D eigenvalue weighted by molar-refractivity contribution is -0.134. The Balaban J connectivity index is 2.43. The van der Waals surface area contributed by atoms with Crippen molar-refractivity contribution in [3.05, 3.63) is 29.6 Å². The standard InChI is InChI=1S/C11H8FN3O4S/c12-9-2-1-8(3-7(9)4-13)20(18,19)15-5-10(16)14-11(17)6-15/h1-3H,5-6H2,(H,14,16,17). The molecule has 0 unspecified atom stereocenters. The molecule has 2 amide bonds. The smallest absolute Gasteiger partial charge is 0.244 e. The molecule has 20 heavy (non-hydrogen) atoms. The molecule has 104 valence electrons. The molecule has 9 heteroatoms. The summed E-state index contributed by atoms with van der Waals surface area (Å²) in [5.74, 6) is -2.33. The molecule has 1 aromatic rings. The maximum absolute atomic E-state index is 13.2. The third-order valence-electron chi connectivity index (χ3n) is 2.61. The van der Waals surface area contributed by atoms with Gasteiger partial charge in [-0.15, -0.1) is 0 Å². The number of amides is 2. The first-order valence-electron chi connectivity index (χ1n) is 5.37. The molecule has 0 saturated carbocycles. The SMILES string of the molecule is N#Cc1cc(S(=O)(=O)N2CC(=O)NC(=O)C2)ccc1F. The lowest BCUT2D eigenvalue weighted by Gasteiger charge is -2.24. The number of imide groups is 1. The summed E-state index contributed by atoms with van der Waals surface area (Å²) in [6.07, 6.45) is 0. The second-order valence-electron chi connectivity index (χ2n) is 4.00. The van der Waals surface area contributed by atoms with Gasteiger partial charge in [0.2, 0.25) is 21.8 Å². The molecule has 0 aliphatic carbocycles. The molecule has 2 rings (SSSR count). The summed E-state index contributed by atoms with van der Waals surface area (Å²) in [4.78, 5) is 22.0. The van der Waals surface area contributed by atoms with E-state index >= 15 is 0 Å². The van der Waals surface area contributed by atoms with Crippen molar-refractivity contribution in [2.24, 2.45) is 0 Å². The molecule has 0 radical (unpaired) electrons. The number of sulfonamides is 1. The minimum atomic E-state index is -4.14. The van der Waals surface area contributed by atoms with Gasteiger partial charge in [-0.3, -0.25) is 14.9 Å². The average Bonchev–Trinajstić information content (AvgIpc) is 2.37. The van der Waals surface area contributed by atoms with Gasteiger partial charge in [0, 0.05) is 0 Å². The van der Waals surface area contributed by atoms with Crippen molar-refractivity contribution < 1.29 is 22.4 Å². The molecule has 1 aliphatic heterocycles. The van der Waals surface area contributed by atoms with E-state index in [1.54, 1.807) is 0 Å². The van der Waals surface area contributed by atoms with Gasteiger partial charge in [0.05, 0.1) is 23.5 Å². The minimum Gasteiger partial charge on any atom is -0.294 e. The highest BCUT2D eigenvalue weighted by Crippen LogP contribution is 2.19. The molecule has 0 bridgehead atoms. The fourth-order valence-electron chi connectivity index (χ4n) is 1.68. The third kappa shape index (κ3) is 2.52. The summed E-state index contributed by atoms with van der Waals surface area (Å²) < 4.78 is 38.3. The number of rotatable bonds is 2. The third-order valence-corrected chi connectivity index (χ3v) is 4.40. The zero-order valence-electron chi connectivity index (χ0n) is 9.96. The Bertz CT molecular complexity index is 723. The highest BCUT2D eigenvalue weighted by molar-refractivity contribution is 7.89. The van der Waals surface area contributed by atoms with Crippen LogP contribution < -0.4 is 5.32 Å². The van der Waals surface area contributed by atoms with Gasteiger partial charge in [0.15, 0.2) is 0 Å². The minimum absolute atomic E-state index is 0.349. The summed E-state index contributed by atoms with van der Waals surface area (Å²) in [7, 11) is -4.14. The number of hydrogen-bond donors (Lipinski definition) is 1. The first kappa shape index (κ1) is 14.1. The van der Waals surface area contributed by atoms with Gasteiger partial charge < -0.3 is 0 Å². The van der Waals surface area contributed by atoms with Crippen LogP contribution in [0.25, 0.3) is 0 Å². The maximum atomic E-state index is 13.2. The monoisotopic (exact) mass is 297 g/mol. The Morgan fingerprint density at radius 1 is 1.25 bits per heavy atom. The van der Waals surface area contributed by atoms with E-state index in [1.807, 2.05) is 5.32 Å². The number of hydrogen-bond acceptors (Lipinski definition) is 5. The van der Waals surface area contributed by atoms with E-state index in [-0.39, 0.29) is 4.90 Å². The molecule has 1 aromatic carbocycles. The van der Waals surface area contributed by atoms with Crippen LogP contribution in [0, 0.1) is 17.1 Å². The van der Waals surface area contributed by atoms with Gasteiger partial charge in [-0.2, -0.15) is 9.57 Å². The number of nitrogens with one attached hydrogen (secondary N) is 1. The van der Waals surface area contributed by atoms with Gasteiger partial charge in [-0.1, -0.05) is 0 Å². The van der Waals surface area contributed by atoms with Gasteiger partial charge in [0.25, 0.3) is 0 Å². The molecule has 1 N–H and O–H groups in total. The summed E-state index contributed by atoms with van der Waals surface area (Å²) >= 11 is 0. The fraction of sp³-hybridized carbons (Fsp3) is 0.182. The van der Waals surface area contributed by atoms with Crippen LogP contribution >= 0.6 is 0 Å². The Morgan fingerprint density at radius 2 is 1.85 bits per heavy atom. The Hall–Kier alpha value is -2.31. The first-order valence-corrected chi connectivity index (χ1v) is 6.81. The highest BCUT2D eigenvalue weighted by atomic mass is 32.2. The van der Waals surface area contributed by atoms with Crippen LogP contribution in [0.15, 0.2) is 23.1 Å². The van der Waals surface area contributed by atoms with Gasteiger partial charge in [-0.05, 0) is 18.2 Å². The molecular weight excluding hydrogens is 289 g/mol. The van der Waals surface area contributed by atoms with Crippen molar-refractivity contribution in [3.8, 4) is 6.07 Å². The molecule has 7 nitrogen and oxygen atoms in total. The van der Waals surface area contributed by atoms with Gasteiger partial charge in [0.1, 0.15) is 11.9 Å². The van der Waals surface area contributed by atoms with Crippen molar-refractivity contribution in [1.82, 2.24) is 9.62 Å². The van der Waals surface area contributed by atoms with Crippen LogP contribution in [-0.2, 0) is 19.6 Å². The molecular formula is C11H8FN3O4S. The van der Waals surface area contributed by atoms with Crippen molar-refractivity contribution >= 4 is 21.8 Å². The van der Waals surface area contributed by atoms with E-state index in [9.17, 15) is 22.4 Å². The predicted molar refractivity (Wildman–Crippen MR) is 63.0 cm³/mol. The summed E-state index contributed by atoms with van der Waals surface area (Å²) in [5, 5.41) is 10.7. The van der Waals surface area contributed by atoms with Crippen LogP contribution in [-0.4, -0.2) is 37.6 Å². The van der Waals surface area contributed by atoms with Crippen molar-refractivity contribution in [3.63, 3.8) is 0 Å². The number of nitriles is 1. The quantitative estimate of drug-likeness (QED) is 0.729. The zero-order chi connectivity index (χ0) is 14.9. The van der Waals surface area contributed by atoms with Crippen molar-refractivity contribution in [2.45, 2.75) is 4.90 Å². The molecule has 0 spiro atoms. The molecule has 0 aromatic heterocycles. The van der Waals surface area contributed by atoms with Crippen LogP contribution in [0.1, 0.15) is 5.56 Å². The number of carbonyl (C=O) groups excluding carboxylic acids is 2. The highest BCUT2D eigenvalue weighted by Gasteiger charge is 2.33. The van der Waals surface area contributed by atoms with Crippen LogP contribution in [0.4, 0.5) is 4.39 Å². The second-order valence-corrected chi connectivity index (χ2v) is 5.94. The van der Waals surface area contributed by atoms with E-state index in [1.165, 1.54) is 6.07 Å². The predicted octanol–water partition coefficient (Wildman–Crippen LogP) is -0.656. The van der Waals surface area contributed by atoms with Crippen LogP contribution in [0.2, 0.25) is 0 Å². The molecule has 1 heterocycles. The number of benzene rings is 1. The summed E-state index contributed by atoms with van der Waals surface area (Å²) in [6, 6.07) is 4.21. The largest absolute Gasteiger partial charge is 0.294 e. The van der Waals surface area contributed by atoms with Gasteiger partial charge in [-0.25, -0.2) is 12.8 Å². The van der Waals surface area contributed by atoms with Crippen molar-refractivity contribution in [2.75, 3.05) is 13.1 Å². The summed E-state index contributed by atoms with van der Waals surface area (Å²) in [5.41, 5.74) is -0.432. The second kappa shape index (κ2) is 4.99. The van der Waals surface area contributed by atoms with E-state index in [0.717, 1.165) is 18.2 Å². The van der Waals surface area contributed by atoms with Crippen LogP contribution in [0.3, 0.4) is 0 Å². The zero-order valence-corrected chi connectivity index (χ0v) is 10.8.